The zero-order valence-electron chi connectivity index (χ0n) is 10.8. The lowest BCUT2D eigenvalue weighted by molar-refractivity contribution is -0.142. The zero-order valence-corrected chi connectivity index (χ0v) is 10.8. The van der Waals surface area contributed by atoms with Crippen LogP contribution in [0.2, 0.25) is 0 Å². The van der Waals surface area contributed by atoms with Crippen LogP contribution in [0.15, 0.2) is 6.20 Å². The summed E-state index contributed by atoms with van der Waals surface area (Å²) >= 11 is 0. The third kappa shape index (κ3) is 3.19. The fourth-order valence-corrected chi connectivity index (χ4v) is 1.53. The second-order valence-electron chi connectivity index (χ2n) is 4.54. The second-order valence-corrected chi connectivity index (χ2v) is 4.54. The van der Waals surface area contributed by atoms with Gasteiger partial charge in [0.15, 0.2) is 5.82 Å². The number of rotatable bonds is 3. The summed E-state index contributed by atoms with van der Waals surface area (Å²) in [5, 5.41) is 19.5. The van der Waals surface area contributed by atoms with Gasteiger partial charge in [-0.05, 0) is 0 Å². The van der Waals surface area contributed by atoms with Crippen molar-refractivity contribution in [3.63, 3.8) is 0 Å². The van der Waals surface area contributed by atoms with E-state index in [0.717, 1.165) is 0 Å². The molecule has 19 heavy (non-hydrogen) atoms. The van der Waals surface area contributed by atoms with Crippen molar-refractivity contribution < 1.29 is 14.7 Å². The minimum atomic E-state index is -0.426. The van der Waals surface area contributed by atoms with Crippen LogP contribution in [0.1, 0.15) is 0 Å². The summed E-state index contributed by atoms with van der Waals surface area (Å²) in [5.74, 6) is 0.126. The molecule has 0 aromatic carbocycles. The van der Waals surface area contributed by atoms with Crippen LogP contribution in [0, 0.1) is 0 Å². The number of aliphatic hydroxyl groups is 1. The molecule has 1 aromatic rings. The quantitative estimate of drug-likeness (QED) is 0.700. The van der Waals surface area contributed by atoms with E-state index in [-0.39, 0.29) is 24.3 Å². The summed E-state index contributed by atoms with van der Waals surface area (Å²) in [6, 6.07) is -0.316. The van der Waals surface area contributed by atoms with E-state index in [9.17, 15) is 9.59 Å². The molecule has 9 heteroatoms. The van der Waals surface area contributed by atoms with Gasteiger partial charge >= 0.3 is 6.03 Å². The van der Waals surface area contributed by atoms with Crippen LogP contribution >= 0.6 is 0 Å². The number of carbonyl (C=O) groups is 2. The van der Waals surface area contributed by atoms with E-state index in [1.807, 2.05) is 0 Å². The first-order valence-electron chi connectivity index (χ1n) is 5.80. The van der Waals surface area contributed by atoms with Crippen LogP contribution < -0.4 is 5.32 Å². The Morgan fingerprint density at radius 3 is 2.79 bits per heavy atom. The molecule has 1 aliphatic rings. The molecule has 0 bridgehead atoms. The summed E-state index contributed by atoms with van der Waals surface area (Å²) in [7, 11) is 3.22. The first kappa shape index (κ1) is 13.3. The molecule has 0 saturated carbocycles. The Kier molecular flexibility index (Phi) is 3.65. The largest absolute Gasteiger partial charge is 0.389 e. The zero-order chi connectivity index (χ0) is 14.0. The molecular weight excluding hydrogens is 252 g/mol. The Labute approximate surface area is 109 Å². The Morgan fingerprint density at radius 2 is 2.21 bits per heavy atom. The van der Waals surface area contributed by atoms with Gasteiger partial charge < -0.3 is 14.9 Å². The van der Waals surface area contributed by atoms with Gasteiger partial charge in [0, 0.05) is 27.2 Å². The van der Waals surface area contributed by atoms with Crippen LogP contribution in [-0.2, 0) is 11.3 Å². The number of likely N-dealkylation sites (tertiary alicyclic amines) is 1. The van der Waals surface area contributed by atoms with Gasteiger partial charge in [0.2, 0.25) is 5.91 Å². The molecule has 0 spiro atoms. The number of nitrogens with one attached hydrogen (secondary N) is 1. The number of anilines is 1. The number of amides is 3. The molecule has 1 fully saturated rings. The SMILES string of the molecule is CN(C)C(=O)Nc1cnn(CC(=O)N2CC(O)C2)n1. The highest BCUT2D eigenvalue weighted by Gasteiger charge is 2.28. The predicted molar refractivity (Wildman–Crippen MR) is 65.3 cm³/mol. The molecule has 2 heterocycles. The number of aromatic nitrogens is 3. The standard InChI is InChI=1S/C10H16N6O3/c1-14(2)10(19)12-8-3-11-16(13-8)6-9(18)15-4-7(17)5-15/h3,7,17H,4-6H2,1-2H3,(H,12,13,19). The minimum absolute atomic E-state index is 0.00937. The molecule has 0 aliphatic carbocycles. The molecule has 2 N–H and O–H groups in total. The summed E-state index contributed by atoms with van der Waals surface area (Å²) in [4.78, 5) is 27.2. The first-order valence-corrected chi connectivity index (χ1v) is 5.80. The number of nitrogens with zero attached hydrogens (tertiary/aromatic N) is 5. The van der Waals surface area contributed by atoms with Gasteiger partial charge in [-0.25, -0.2) is 4.79 Å². The van der Waals surface area contributed by atoms with E-state index >= 15 is 0 Å². The molecule has 104 valence electrons. The molecule has 1 saturated heterocycles. The second kappa shape index (κ2) is 5.22. The Hall–Kier alpha value is -2.16. The minimum Gasteiger partial charge on any atom is -0.389 e. The normalized spacial score (nSPS) is 15.0. The van der Waals surface area contributed by atoms with Crippen LogP contribution in [0.4, 0.5) is 10.6 Å². The number of β-amino-alcohol motifs (C(OH)–C–C–N with tert-alkyl or cyclic N) is 1. The molecule has 0 radical (unpaired) electrons. The van der Waals surface area contributed by atoms with E-state index < -0.39 is 6.10 Å². The van der Waals surface area contributed by atoms with Gasteiger partial charge in [-0.2, -0.15) is 9.90 Å². The fraction of sp³-hybridized carbons (Fsp3) is 0.600. The molecule has 1 aromatic heterocycles. The molecule has 2 rings (SSSR count). The van der Waals surface area contributed by atoms with Crippen molar-refractivity contribution in [1.82, 2.24) is 24.8 Å². The molecular formula is C10H16N6O3. The van der Waals surface area contributed by atoms with Gasteiger partial charge in [-0.15, -0.1) is 5.10 Å². The van der Waals surface area contributed by atoms with E-state index in [2.05, 4.69) is 15.5 Å². The van der Waals surface area contributed by atoms with Crippen LogP contribution in [0.5, 0.6) is 0 Å². The van der Waals surface area contributed by atoms with Gasteiger partial charge in [-0.1, -0.05) is 0 Å². The lowest BCUT2D eigenvalue weighted by Gasteiger charge is -2.35. The van der Waals surface area contributed by atoms with Gasteiger partial charge in [0.25, 0.3) is 0 Å². The molecule has 0 atom stereocenters. The van der Waals surface area contributed by atoms with E-state index in [1.165, 1.54) is 20.8 Å². The number of hydrogen-bond donors (Lipinski definition) is 2. The third-order valence-electron chi connectivity index (χ3n) is 2.67. The molecule has 9 nitrogen and oxygen atoms in total. The Balaban J connectivity index is 1.87. The number of aliphatic hydroxyl groups excluding tert-OH is 1. The summed E-state index contributed by atoms with van der Waals surface area (Å²) in [5.41, 5.74) is 0. The van der Waals surface area contributed by atoms with Crippen molar-refractivity contribution in [3.8, 4) is 0 Å². The molecule has 0 unspecified atom stereocenters. The van der Waals surface area contributed by atoms with Gasteiger partial charge in [-0.3, -0.25) is 10.1 Å². The van der Waals surface area contributed by atoms with E-state index in [1.54, 1.807) is 14.1 Å². The van der Waals surface area contributed by atoms with Crippen molar-refractivity contribution in [2.24, 2.45) is 0 Å². The molecule has 3 amide bonds. The topological polar surface area (TPSA) is 104 Å². The Morgan fingerprint density at radius 1 is 1.53 bits per heavy atom. The smallest absolute Gasteiger partial charge is 0.322 e. The average molecular weight is 268 g/mol. The average Bonchev–Trinajstić information content (AvgIpc) is 2.72. The summed E-state index contributed by atoms with van der Waals surface area (Å²) < 4.78 is 0. The number of hydrogen-bond acceptors (Lipinski definition) is 5. The maximum Gasteiger partial charge on any atom is 0.322 e. The van der Waals surface area contributed by atoms with E-state index in [0.29, 0.717) is 13.1 Å². The van der Waals surface area contributed by atoms with Crippen molar-refractivity contribution >= 4 is 17.8 Å². The fourth-order valence-electron chi connectivity index (χ4n) is 1.53. The van der Waals surface area contributed by atoms with Crippen molar-refractivity contribution in [1.29, 1.82) is 0 Å². The first-order chi connectivity index (χ1) is 8.95. The van der Waals surface area contributed by atoms with Crippen molar-refractivity contribution in [2.75, 3.05) is 32.5 Å². The van der Waals surface area contributed by atoms with Crippen molar-refractivity contribution in [2.45, 2.75) is 12.6 Å². The summed E-state index contributed by atoms with van der Waals surface area (Å²) in [6.07, 6.45) is 0.948. The van der Waals surface area contributed by atoms with Crippen LogP contribution in [0.3, 0.4) is 0 Å². The highest BCUT2D eigenvalue weighted by Crippen LogP contribution is 2.08. The summed E-state index contributed by atoms with van der Waals surface area (Å²) in [6.45, 7) is 0.694. The van der Waals surface area contributed by atoms with Crippen molar-refractivity contribution in [3.05, 3.63) is 6.20 Å². The highest BCUT2D eigenvalue weighted by atomic mass is 16.3. The maximum absolute atomic E-state index is 11.7. The number of carbonyl (C=O) groups excluding carboxylic acids is 2. The van der Waals surface area contributed by atoms with Crippen LogP contribution in [0.25, 0.3) is 0 Å². The lowest BCUT2D eigenvalue weighted by atomic mass is 10.2. The van der Waals surface area contributed by atoms with E-state index in [4.69, 9.17) is 5.11 Å². The Bertz CT molecular complexity index is 479. The monoisotopic (exact) mass is 268 g/mol. The maximum atomic E-state index is 11.7. The lowest BCUT2D eigenvalue weighted by Crippen LogP contribution is -2.54. The third-order valence-corrected chi connectivity index (χ3v) is 2.67. The predicted octanol–water partition coefficient (Wildman–Crippen LogP) is -1.43. The number of urea groups is 1. The van der Waals surface area contributed by atoms with Crippen LogP contribution in [-0.4, -0.2) is 75.1 Å². The highest BCUT2D eigenvalue weighted by molar-refractivity contribution is 5.87. The van der Waals surface area contributed by atoms with Gasteiger partial charge in [0.05, 0.1) is 12.3 Å². The molecule has 1 aliphatic heterocycles. The van der Waals surface area contributed by atoms with Gasteiger partial charge in [0.1, 0.15) is 6.54 Å².